The van der Waals surface area contributed by atoms with Crippen LogP contribution in [0.15, 0.2) is 61.3 Å². The van der Waals surface area contributed by atoms with E-state index in [4.69, 9.17) is 4.74 Å². The first-order valence-electron chi connectivity index (χ1n) is 15.5. The van der Waals surface area contributed by atoms with Gasteiger partial charge in [0.05, 0.1) is 25.2 Å². The van der Waals surface area contributed by atoms with Gasteiger partial charge in [0.1, 0.15) is 11.4 Å². The summed E-state index contributed by atoms with van der Waals surface area (Å²) in [6.07, 6.45) is 7.67. The molecule has 4 aromatic rings. The van der Waals surface area contributed by atoms with Crippen molar-refractivity contribution in [2.45, 2.75) is 75.8 Å². The molecule has 0 saturated heterocycles. The quantitative estimate of drug-likeness (QED) is 0.192. The van der Waals surface area contributed by atoms with Gasteiger partial charge in [0.15, 0.2) is 5.82 Å². The molecule has 0 aliphatic heterocycles. The topological polar surface area (TPSA) is 143 Å². The molecular weight excluding hydrogens is 613 g/mol. The second-order valence-electron chi connectivity index (χ2n) is 11.6. The smallest absolute Gasteiger partial charge is 0.421 e. The van der Waals surface area contributed by atoms with Crippen molar-refractivity contribution in [2.75, 3.05) is 22.6 Å². The molecule has 0 bridgehead atoms. The molecule has 0 spiro atoms. The first-order valence-corrected chi connectivity index (χ1v) is 15.5. The minimum absolute atomic E-state index is 0.0185. The summed E-state index contributed by atoms with van der Waals surface area (Å²) in [5.74, 6) is 0.338. The highest BCUT2D eigenvalue weighted by molar-refractivity contribution is 5.91. The number of methoxy groups -OCH3 is 1. The van der Waals surface area contributed by atoms with Crippen molar-refractivity contribution in [3.05, 3.63) is 72.4 Å². The molecule has 6 rings (SSSR count). The van der Waals surface area contributed by atoms with Crippen molar-refractivity contribution in [2.24, 2.45) is 0 Å². The third-order valence-electron chi connectivity index (χ3n) is 8.43. The molecule has 2 saturated carbocycles. The third-order valence-corrected chi connectivity index (χ3v) is 8.43. The molecule has 47 heavy (non-hydrogen) atoms. The predicted octanol–water partition coefficient (Wildman–Crippen LogP) is 5.85. The van der Waals surface area contributed by atoms with Gasteiger partial charge in [-0.3, -0.25) is 9.88 Å². The Labute approximate surface area is 269 Å². The maximum absolute atomic E-state index is 13.7. The van der Waals surface area contributed by atoms with Gasteiger partial charge in [0.25, 0.3) is 0 Å². The lowest BCUT2D eigenvalue weighted by Crippen LogP contribution is -2.49. The number of alkyl halides is 3. The summed E-state index contributed by atoms with van der Waals surface area (Å²) in [5, 5.41) is 9.16. The van der Waals surface area contributed by atoms with E-state index in [1.165, 1.54) is 7.11 Å². The zero-order valence-corrected chi connectivity index (χ0v) is 25.7. The molecule has 3 heterocycles. The van der Waals surface area contributed by atoms with Gasteiger partial charge in [-0.25, -0.2) is 24.7 Å². The molecule has 0 radical (unpaired) electrons. The number of urea groups is 1. The minimum atomic E-state index is -4.56. The van der Waals surface area contributed by atoms with Gasteiger partial charge < -0.3 is 20.7 Å². The minimum Gasteiger partial charge on any atom is -0.467 e. The van der Waals surface area contributed by atoms with Gasteiger partial charge in [-0.1, -0.05) is 30.3 Å². The molecule has 3 aromatic heterocycles. The predicted molar refractivity (Wildman–Crippen MR) is 169 cm³/mol. The van der Waals surface area contributed by atoms with Crippen LogP contribution in [0.3, 0.4) is 0 Å². The number of hydrogen-bond acceptors (Lipinski definition) is 10. The number of nitrogens with zero attached hydrogens (tertiary/aromatic N) is 7. The molecule has 2 fully saturated rings. The Kier molecular flexibility index (Phi) is 9.59. The van der Waals surface area contributed by atoms with Gasteiger partial charge in [0.2, 0.25) is 5.95 Å². The Hall–Kier alpha value is -5.08. The van der Waals surface area contributed by atoms with E-state index in [-0.39, 0.29) is 41.9 Å². The molecule has 15 heteroatoms. The maximum atomic E-state index is 13.7. The average molecular weight is 649 g/mol. The molecule has 12 nitrogen and oxygen atoms in total. The fourth-order valence-corrected chi connectivity index (χ4v) is 5.64. The van der Waals surface area contributed by atoms with Crippen LogP contribution in [0.2, 0.25) is 0 Å². The zero-order chi connectivity index (χ0) is 32.8. The van der Waals surface area contributed by atoms with Gasteiger partial charge in [-0.15, -0.1) is 0 Å². The lowest BCUT2D eigenvalue weighted by molar-refractivity contribution is -0.137. The fraction of sp³-hybridized carbons (Fsp3) is 0.406. The Morgan fingerprint density at radius 3 is 2.21 bits per heavy atom. The molecule has 1 aromatic carbocycles. The van der Waals surface area contributed by atoms with E-state index < -0.39 is 11.7 Å². The number of benzene rings is 1. The number of carbonyl (C=O) groups is 1. The molecule has 2 amide bonds. The van der Waals surface area contributed by atoms with Gasteiger partial charge in [0, 0.05) is 48.8 Å². The number of anilines is 3. The SMILES string of the molecule is COc1ncc(-c2cnc(N(C(=O)NCc3ccccc3)C3CCC(Nc4ncc(C(F)(F)F)c(NC5CCC5)n4)CC3)cn2)cn1. The fourth-order valence-electron chi connectivity index (χ4n) is 5.64. The molecule has 0 unspecified atom stereocenters. The number of hydrogen-bond donors (Lipinski definition) is 3. The molecule has 3 N–H and O–H groups in total. The summed E-state index contributed by atoms with van der Waals surface area (Å²) in [4.78, 5) is 40.9. The van der Waals surface area contributed by atoms with Crippen LogP contribution in [-0.4, -0.2) is 61.2 Å². The molecule has 246 valence electrons. The van der Waals surface area contributed by atoms with E-state index in [2.05, 4.69) is 45.9 Å². The lowest BCUT2D eigenvalue weighted by Gasteiger charge is -2.36. The molecule has 0 atom stereocenters. The van der Waals surface area contributed by atoms with Gasteiger partial charge >= 0.3 is 18.2 Å². The van der Waals surface area contributed by atoms with Crippen LogP contribution >= 0.6 is 0 Å². The van der Waals surface area contributed by atoms with Crippen molar-refractivity contribution in [3.8, 4) is 17.3 Å². The first kappa shape index (κ1) is 31.9. The van der Waals surface area contributed by atoms with Crippen molar-refractivity contribution < 1.29 is 22.7 Å². The number of rotatable bonds is 10. The average Bonchev–Trinajstić information content (AvgIpc) is 3.07. The van der Waals surface area contributed by atoms with E-state index in [0.29, 0.717) is 49.3 Å². The molecule has 2 aliphatic rings. The number of carbonyl (C=O) groups excluding carboxylic acids is 1. The second-order valence-corrected chi connectivity index (χ2v) is 11.6. The van der Waals surface area contributed by atoms with Crippen LogP contribution < -0.4 is 25.6 Å². The largest absolute Gasteiger partial charge is 0.467 e. The van der Waals surface area contributed by atoms with Crippen LogP contribution in [0.1, 0.15) is 56.1 Å². The van der Waals surface area contributed by atoms with Crippen LogP contribution in [0.4, 0.5) is 35.5 Å². The van der Waals surface area contributed by atoms with E-state index >= 15 is 0 Å². The number of amides is 2. The Balaban J connectivity index is 1.15. The van der Waals surface area contributed by atoms with Gasteiger partial charge in [-0.05, 0) is 50.5 Å². The van der Waals surface area contributed by atoms with Crippen LogP contribution in [0.5, 0.6) is 6.01 Å². The van der Waals surface area contributed by atoms with Gasteiger partial charge in [-0.2, -0.15) is 18.2 Å². The summed E-state index contributed by atoms with van der Waals surface area (Å²) in [7, 11) is 1.48. The van der Waals surface area contributed by atoms with Crippen molar-refractivity contribution in [1.29, 1.82) is 0 Å². The number of ether oxygens (including phenoxy) is 1. The van der Waals surface area contributed by atoms with Crippen molar-refractivity contribution >= 4 is 23.6 Å². The first-order chi connectivity index (χ1) is 22.8. The number of halogens is 3. The molecular formula is C32H35F3N10O2. The Bertz CT molecular complexity index is 1630. The summed E-state index contributed by atoms with van der Waals surface area (Å²) < 4.78 is 45.9. The van der Waals surface area contributed by atoms with Crippen molar-refractivity contribution in [1.82, 2.24) is 35.2 Å². The standard InChI is InChI=1S/C32H35F3N10O2/c1-47-30-39-15-21(16-40-30)26-18-37-27(19-36-26)45(31(46)41-14-20-6-3-2-4-7-20)24-12-10-23(11-13-24)43-29-38-17-25(32(33,34)35)28(44-29)42-22-8-5-9-22/h2-4,6-7,15-19,22-24H,5,8-14H2,1H3,(H,41,46)(H2,38,42,43,44). The maximum Gasteiger partial charge on any atom is 0.421 e. The monoisotopic (exact) mass is 648 g/mol. The zero-order valence-electron chi connectivity index (χ0n) is 25.7. The van der Waals surface area contributed by atoms with E-state index in [1.54, 1.807) is 29.7 Å². The normalized spacial score (nSPS) is 18.1. The number of aromatic nitrogens is 6. The molecule has 2 aliphatic carbocycles. The summed E-state index contributed by atoms with van der Waals surface area (Å²) in [6.45, 7) is 0.338. The Morgan fingerprint density at radius 1 is 0.872 bits per heavy atom. The van der Waals surface area contributed by atoms with E-state index in [0.717, 1.165) is 31.0 Å². The van der Waals surface area contributed by atoms with Crippen LogP contribution in [-0.2, 0) is 12.7 Å². The van der Waals surface area contributed by atoms with E-state index in [9.17, 15) is 18.0 Å². The highest BCUT2D eigenvalue weighted by Crippen LogP contribution is 2.36. The second kappa shape index (κ2) is 14.1. The third kappa shape index (κ3) is 7.84. The Morgan fingerprint density at radius 2 is 1.60 bits per heavy atom. The highest BCUT2D eigenvalue weighted by atomic mass is 19.4. The van der Waals surface area contributed by atoms with Crippen molar-refractivity contribution in [3.63, 3.8) is 0 Å². The van der Waals surface area contributed by atoms with Crippen LogP contribution in [0, 0.1) is 0 Å². The number of nitrogens with one attached hydrogen (secondary N) is 3. The van der Waals surface area contributed by atoms with E-state index in [1.807, 2.05) is 30.3 Å². The summed E-state index contributed by atoms with van der Waals surface area (Å²) in [5.41, 5.74) is 1.27. The lowest BCUT2D eigenvalue weighted by atomic mass is 9.90. The summed E-state index contributed by atoms with van der Waals surface area (Å²) >= 11 is 0. The van der Waals surface area contributed by atoms with Crippen LogP contribution in [0.25, 0.3) is 11.3 Å². The highest BCUT2D eigenvalue weighted by Gasteiger charge is 2.37. The summed E-state index contributed by atoms with van der Waals surface area (Å²) in [6, 6.07) is 9.23.